The molecule has 4 nitrogen and oxygen atoms in total. The van der Waals surface area contributed by atoms with Gasteiger partial charge in [0.15, 0.2) is 5.76 Å². The first-order valence-corrected chi connectivity index (χ1v) is 6.65. The molecule has 0 amide bonds. The molecule has 0 aliphatic rings. The van der Waals surface area contributed by atoms with Gasteiger partial charge in [0, 0.05) is 19.2 Å². The predicted molar refractivity (Wildman–Crippen MR) is 75.5 cm³/mol. The highest BCUT2D eigenvalue weighted by Crippen LogP contribution is 2.09. The SMILES string of the molecule is CCNCc1cc(CN(C)Cc2ccccc2)on1. The number of hydrogen-bond donors (Lipinski definition) is 1. The maximum absolute atomic E-state index is 5.34. The van der Waals surface area contributed by atoms with Gasteiger partial charge in [-0.2, -0.15) is 0 Å². The monoisotopic (exact) mass is 259 g/mol. The Labute approximate surface area is 114 Å². The van der Waals surface area contributed by atoms with Crippen LogP contribution in [0.1, 0.15) is 23.9 Å². The molecule has 102 valence electrons. The average molecular weight is 259 g/mol. The molecule has 1 N–H and O–H groups in total. The Bertz CT molecular complexity index is 481. The Balaban J connectivity index is 1.85. The molecule has 19 heavy (non-hydrogen) atoms. The molecule has 1 aromatic heterocycles. The highest BCUT2D eigenvalue weighted by atomic mass is 16.5. The molecule has 1 heterocycles. The summed E-state index contributed by atoms with van der Waals surface area (Å²) in [6.45, 7) is 5.46. The van der Waals surface area contributed by atoms with Gasteiger partial charge in [0.05, 0.1) is 12.2 Å². The van der Waals surface area contributed by atoms with Gasteiger partial charge >= 0.3 is 0 Å². The van der Waals surface area contributed by atoms with Crippen molar-refractivity contribution in [3.05, 3.63) is 53.4 Å². The molecule has 0 atom stereocenters. The highest BCUT2D eigenvalue weighted by molar-refractivity contribution is 5.14. The quantitative estimate of drug-likeness (QED) is 0.829. The lowest BCUT2D eigenvalue weighted by atomic mass is 10.2. The molecule has 2 rings (SSSR count). The van der Waals surface area contributed by atoms with Crippen molar-refractivity contribution < 1.29 is 4.52 Å². The van der Waals surface area contributed by atoms with Crippen molar-refractivity contribution in [1.82, 2.24) is 15.4 Å². The Morgan fingerprint density at radius 2 is 2.00 bits per heavy atom. The summed E-state index contributed by atoms with van der Waals surface area (Å²) in [7, 11) is 2.08. The molecule has 0 aliphatic heterocycles. The van der Waals surface area contributed by atoms with Crippen LogP contribution in [0.2, 0.25) is 0 Å². The Morgan fingerprint density at radius 1 is 1.21 bits per heavy atom. The number of benzene rings is 1. The van der Waals surface area contributed by atoms with Gasteiger partial charge < -0.3 is 9.84 Å². The van der Waals surface area contributed by atoms with Gasteiger partial charge in [-0.05, 0) is 19.2 Å². The lowest BCUT2D eigenvalue weighted by molar-refractivity contribution is 0.265. The minimum absolute atomic E-state index is 0.766. The molecule has 0 spiro atoms. The van der Waals surface area contributed by atoms with E-state index >= 15 is 0 Å². The molecule has 1 aromatic carbocycles. The van der Waals surface area contributed by atoms with E-state index < -0.39 is 0 Å². The molecule has 0 aliphatic carbocycles. The minimum atomic E-state index is 0.766. The van der Waals surface area contributed by atoms with Gasteiger partial charge in [0.2, 0.25) is 0 Å². The zero-order valence-corrected chi connectivity index (χ0v) is 11.6. The van der Waals surface area contributed by atoms with Crippen molar-refractivity contribution in [2.45, 2.75) is 26.6 Å². The van der Waals surface area contributed by atoms with Crippen LogP contribution in [0.4, 0.5) is 0 Å². The summed E-state index contributed by atoms with van der Waals surface area (Å²) >= 11 is 0. The molecule has 2 aromatic rings. The molecule has 0 fully saturated rings. The summed E-state index contributed by atoms with van der Waals surface area (Å²) in [4.78, 5) is 2.22. The van der Waals surface area contributed by atoms with Crippen LogP contribution in [0.15, 0.2) is 40.9 Å². The minimum Gasteiger partial charge on any atom is -0.360 e. The summed E-state index contributed by atoms with van der Waals surface area (Å²) in [5.74, 6) is 0.909. The van der Waals surface area contributed by atoms with Gasteiger partial charge in [-0.3, -0.25) is 4.90 Å². The van der Waals surface area contributed by atoms with E-state index in [1.165, 1.54) is 5.56 Å². The first kappa shape index (κ1) is 13.8. The third-order valence-corrected chi connectivity index (χ3v) is 2.88. The largest absolute Gasteiger partial charge is 0.360 e. The Morgan fingerprint density at radius 3 is 2.74 bits per heavy atom. The van der Waals surface area contributed by atoms with E-state index in [0.29, 0.717) is 0 Å². The van der Waals surface area contributed by atoms with E-state index in [1.807, 2.05) is 12.1 Å². The summed E-state index contributed by atoms with van der Waals surface area (Å²) in [6.07, 6.45) is 0. The second-order valence-corrected chi connectivity index (χ2v) is 4.72. The van der Waals surface area contributed by atoms with E-state index in [0.717, 1.165) is 37.6 Å². The smallest absolute Gasteiger partial charge is 0.151 e. The zero-order chi connectivity index (χ0) is 13.5. The third kappa shape index (κ3) is 4.50. The standard InChI is InChI=1S/C15H21N3O/c1-3-16-10-14-9-15(19-17-14)12-18(2)11-13-7-5-4-6-8-13/h4-9,16H,3,10-12H2,1-2H3. The van der Waals surface area contributed by atoms with E-state index in [4.69, 9.17) is 4.52 Å². The lowest BCUT2D eigenvalue weighted by Gasteiger charge is -2.14. The fraction of sp³-hybridized carbons (Fsp3) is 0.400. The Hall–Kier alpha value is -1.65. The van der Waals surface area contributed by atoms with Gasteiger partial charge in [0.1, 0.15) is 0 Å². The number of nitrogens with one attached hydrogen (secondary N) is 1. The predicted octanol–water partition coefficient (Wildman–Crippen LogP) is 2.42. The maximum atomic E-state index is 5.34. The second kappa shape index (κ2) is 7.07. The first-order valence-electron chi connectivity index (χ1n) is 6.65. The van der Waals surface area contributed by atoms with E-state index in [1.54, 1.807) is 0 Å². The van der Waals surface area contributed by atoms with Crippen LogP contribution in [0.5, 0.6) is 0 Å². The molecule has 0 saturated heterocycles. The van der Waals surface area contributed by atoms with Crippen LogP contribution >= 0.6 is 0 Å². The number of nitrogens with zero attached hydrogens (tertiary/aromatic N) is 2. The van der Waals surface area contributed by atoms with E-state index in [2.05, 4.69) is 53.6 Å². The number of rotatable bonds is 7. The van der Waals surface area contributed by atoms with Crippen molar-refractivity contribution in [3.8, 4) is 0 Å². The van der Waals surface area contributed by atoms with Crippen LogP contribution < -0.4 is 5.32 Å². The normalized spacial score (nSPS) is 11.1. The van der Waals surface area contributed by atoms with Crippen LogP contribution in [0, 0.1) is 0 Å². The summed E-state index contributed by atoms with van der Waals surface area (Å²) in [6, 6.07) is 12.4. The topological polar surface area (TPSA) is 41.3 Å². The molecular formula is C15H21N3O. The van der Waals surface area contributed by atoms with Crippen molar-refractivity contribution in [1.29, 1.82) is 0 Å². The molecule has 0 saturated carbocycles. The van der Waals surface area contributed by atoms with Gasteiger partial charge in [-0.25, -0.2) is 0 Å². The van der Waals surface area contributed by atoms with Gasteiger partial charge in [-0.1, -0.05) is 42.4 Å². The molecule has 4 heteroatoms. The van der Waals surface area contributed by atoms with E-state index in [-0.39, 0.29) is 0 Å². The number of hydrogen-bond acceptors (Lipinski definition) is 4. The average Bonchev–Trinajstić information content (AvgIpc) is 2.85. The van der Waals surface area contributed by atoms with Crippen LogP contribution in [-0.4, -0.2) is 23.6 Å². The molecule has 0 bridgehead atoms. The fourth-order valence-electron chi connectivity index (χ4n) is 1.98. The van der Waals surface area contributed by atoms with Crippen molar-refractivity contribution >= 4 is 0 Å². The van der Waals surface area contributed by atoms with Gasteiger partial charge in [0.25, 0.3) is 0 Å². The lowest BCUT2D eigenvalue weighted by Crippen LogP contribution is -2.16. The zero-order valence-electron chi connectivity index (χ0n) is 11.6. The first-order chi connectivity index (χ1) is 9.28. The van der Waals surface area contributed by atoms with E-state index in [9.17, 15) is 0 Å². The number of aromatic nitrogens is 1. The third-order valence-electron chi connectivity index (χ3n) is 2.88. The van der Waals surface area contributed by atoms with Crippen LogP contribution in [-0.2, 0) is 19.6 Å². The fourth-order valence-corrected chi connectivity index (χ4v) is 1.98. The molecular weight excluding hydrogens is 238 g/mol. The van der Waals surface area contributed by atoms with Crippen LogP contribution in [0.25, 0.3) is 0 Å². The van der Waals surface area contributed by atoms with Crippen molar-refractivity contribution in [2.75, 3.05) is 13.6 Å². The second-order valence-electron chi connectivity index (χ2n) is 4.72. The van der Waals surface area contributed by atoms with Crippen molar-refractivity contribution in [2.24, 2.45) is 0 Å². The van der Waals surface area contributed by atoms with Crippen LogP contribution in [0.3, 0.4) is 0 Å². The highest BCUT2D eigenvalue weighted by Gasteiger charge is 2.07. The summed E-state index contributed by atoms with van der Waals surface area (Å²) in [5, 5.41) is 7.28. The van der Waals surface area contributed by atoms with Crippen molar-refractivity contribution in [3.63, 3.8) is 0 Å². The summed E-state index contributed by atoms with van der Waals surface area (Å²) in [5.41, 5.74) is 2.27. The molecule has 0 radical (unpaired) electrons. The summed E-state index contributed by atoms with van der Waals surface area (Å²) < 4.78 is 5.34. The maximum Gasteiger partial charge on any atom is 0.151 e. The van der Waals surface area contributed by atoms with Gasteiger partial charge in [-0.15, -0.1) is 0 Å². The Kier molecular flexibility index (Phi) is 5.12. The molecule has 0 unspecified atom stereocenters.